The smallest absolute Gasteiger partial charge is 0.340 e. The van der Waals surface area contributed by atoms with Crippen molar-refractivity contribution in [1.29, 1.82) is 0 Å². The summed E-state index contributed by atoms with van der Waals surface area (Å²) in [5.74, 6) is 5.43. The molecule has 0 heterocycles. The summed E-state index contributed by atoms with van der Waals surface area (Å²) in [6, 6.07) is 22.0. The Bertz CT molecular complexity index is 1140. The number of para-hydroxylation sites is 1. The number of rotatable bonds is 7. The number of hydrogen-bond acceptors (Lipinski definition) is 4. The van der Waals surface area contributed by atoms with Crippen LogP contribution in [0.3, 0.4) is 0 Å². The molecule has 32 heavy (non-hydrogen) atoms. The molecule has 0 unspecified atom stereocenters. The number of ether oxygens (including phenoxy) is 1. The van der Waals surface area contributed by atoms with Gasteiger partial charge in [-0.15, -0.1) is 0 Å². The summed E-state index contributed by atoms with van der Waals surface area (Å²) in [5, 5.41) is 6.14. The molecular formula is C27H26N2O3. The molecule has 0 aromatic heterocycles. The second-order valence-corrected chi connectivity index (χ2v) is 7.02. The summed E-state index contributed by atoms with van der Waals surface area (Å²) < 4.78 is 5.10. The number of carbonyl (C=O) groups is 2. The van der Waals surface area contributed by atoms with E-state index in [-0.39, 0.29) is 12.5 Å². The van der Waals surface area contributed by atoms with Crippen molar-refractivity contribution in [2.75, 3.05) is 23.8 Å². The van der Waals surface area contributed by atoms with Gasteiger partial charge in [-0.25, -0.2) is 4.79 Å². The van der Waals surface area contributed by atoms with Crippen LogP contribution in [0, 0.1) is 11.8 Å². The molecule has 0 bridgehead atoms. The van der Waals surface area contributed by atoms with Crippen molar-refractivity contribution in [2.24, 2.45) is 0 Å². The first-order valence-electron chi connectivity index (χ1n) is 10.6. The van der Waals surface area contributed by atoms with E-state index >= 15 is 0 Å². The van der Waals surface area contributed by atoms with Gasteiger partial charge >= 0.3 is 5.97 Å². The lowest BCUT2D eigenvalue weighted by atomic mass is 10.1. The predicted molar refractivity (Wildman–Crippen MR) is 128 cm³/mol. The van der Waals surface area contributed by atoms with Crippen LogP contribution in [0.25, 0.3) is 0 Å². The van der Waals surface area contributed by atoms with Gasteiger partial charge in [0, 0.05) is 23.4 Å². The van der Waals surface area contributed by atoms with Crippen molar-refractivity contribution in [3.05, 3.63) is 95.1 Å². The lowest BCUT2D eigenvalue weighted by Gasteiger charge is -2.14. The van der Waals surface area contributed by atoms with E-state index in [1.165, 1.54) is 0 Å². The Labute approximate surface area is 188 Å². The zero-order valence-corrected chi connectivity index (χ0v) is 18.3. The first-order valence-corrected chi connectivity index (χ1v) is 10.6. The summed E-state index contributed by atoms with van der Waals surface area (Å²) in [5.41, 5.74) is 3.50. The molecule has 0 radical (unpaired) electrons. The van der Waals surface area contributed by atoms with Crippen LogP contribution < -0.4 is 10.6 Å². The second kappa shape index (κ2) is 11.4. The Balaban J connectivity index is 1.92. The minimum Gasteiger partial charge on any atom is -0.462 e. The van der Waals surface area contributed by atoms with Crippen molar-refractivity contribution in [1.82, 2.24) is 0 Å². The first-order chi connectivity index (χ1) is 15.6. The Morgan fingerprint density at radius 2 is 1.53 bits per heavy atom. The highest BCUT2D eigenvalue weighted by molar-refractivity contribution is 6.10. The second-order valence-electron chi connectivity index (χ2n) is 7.02. The van der Waals surface area contributed by atoms with Gasteiger partial charge in [0.2, 0.25) is 0 Å². The Kier molecular flexibility index (Phi) is 8.05. The quantitative estimate of drug-likeness (QED) is 0.395. The summed E-state index contributed by atoms with van der Waals surface area (Å²) in [7, 11) is 0. The van der Waals surface area contributed by atoms with Crippen LogP contribution in [-0.2, 0) is 4.74 Å². The fraction of sp³-hybridized carbons (Fsp3) is 0.185. The number of benzene rings is 3. The predicted octanol–water partition coefficient (Wildman–Crippen LogP) is 5.34. The molecule has 5 nitrogen and oxygen atoms in total. The van der Waals surface area contributed by atoms with Crippen LogP contribution >= 0.6 is 0 Å². The monoisotopic (exact) mass is 426 g/mol. The molecule has 0 aliphatic carbocycles. The van der Waals surface area contributed by atoms with E-state index in [4.69, 9.17) is 4.74 Å². The number of nitrogens with one attached hydrogen (secondary N) is 2. The summed E-state index contributed by atoms with van der Waals surface area (Å²) >= 11 is 0. The van der Waals surface area contributed by atoms with Gasteiger partial charge in [-0.05, 0) is 55.8 Å². The largest absolute Gasteiger partial charge is 0.462 e. The van der Waals surface area contributed by atoms with Crippen LogP contribution in [0.2, 0.25) is 0 Å². The minimum absolute atomic E-state index is 0.258. The zero-order chi connectivity index (χ0) is 22.8. The third kappa shape index (κ3) is 5.99. The molecule has 1 amide bonds. The van der Waals surface area contributed by atoms with Gasteiger partial charge in [-0.2, -0.15) is 0 Å². The van der Waals surface area contributed by atoms with Crippen LogP contribution in [0.4, 0.5) is 11.4 Å². The standard InChI is InChI=1S/C27H26N2O3/c1-3-18-28-24-17-16-21(15-14-20-10-6-5-7-11-20)19-23(24)26(30)29-25-13-9-8-12-22(25)27(31)32-4-2/h5-13,16-17,19,28H,3-4,18H2,1-2H3,(H,29,30). The molecule has 0 aliphatic heterocycles. The molecule has 2 N–H and O–H groups in total. The molecule has 162 valence electrons. The van der Waals surface area contributed by atoms with Gasteiger partial charge in [-0.3, -0.25) is 4.79 Å². The lowest BCUT2D eigenvalue weighted by molar-refractivity contribution is 0.0527. The SMILES string of the molecule is CCCNc1ccc(C#Cc2ccccc2)cc1C(=O)Nc1ccccc1C(=O)OCC. The third-order valence-electron chi connectivity index (χ3n) is 4.63. The zero-order valence-electron chi connectivity index (χ0n) is 18.3. The fourth-order valence-corrected chi connectivity index (χ4v) is 3.06. The normalized spacial score (nSPS) is 9.94. The number of anilines is 2. The van der Waals surface area contributed by atoms with Gasteiger partial charge in [0.05, 0.1) is 23.4 Å². The molecule has 3 aromatic carbocycles. The Morgan fingerprint density at radius 1 is 0.812 bits per heavy atom. The van der Waals surface area contributed by atoms with Crippen molar-refractivity contribution in [3.8, 4) is 11.8 Å². The molecule has 0 saturated heterocycles. The average Bonchev–Trinajstić information content (AvgIpc) is 2.82. The van der Waals surface area contributed by atoms with E-state index in [1.54, 1.807) is 37.3 Å². The maximum Gasteiger partial charge on any atom is 0.340 e. The van der Waals surface area contributed by atoms with E-state index in [2.05, 4.69) is 29.4 Å². The highest BCUT2D eigenvalue weighted by atomic mass is 16.5. The number of carbonyl (C=O) groups excluding carboxylic acids is 2. The number of hydrogen-bond donors (Lipinski definition) is 2. The van der Waals surface area contributed by atoms with Gasteiger partial charge in [0.15, 0.2) is 0 Å². The highest BCUT2D eigenvalue weighted by Gasteiger charge is 2.17. The lowest BCUT2D eigenvalue weighted by Crippen LogP contribution is -2.18. The molecule has 0 spiro atoms. The molecule has 5 heteroatoms. The van der Waals surface area contributed by atoms with Crippen LogP contribution in [0.15, 0.2) is 72.8 Å². The summed E-state index contributed by atoms with van der Waals surface area (Å²) in [6.45, 7) is 4.79. The molecule has 0 atom stereocenters. The maximum absolute atomic E-state index is 13.2. The topological polar surface area (TPSA) is 67.4 Å². The minimum atomic E-state index is -0.477. The highest BCUT2D eigenvalue weighted by Crippen LogP contribution is 2.22. The van der Waals surface area contributed by atoms with E-state index in [0.29, 0.717) is 22.5 Å². The average molecular weight is 427 g/mol. The third-order valence-corrected chi connectivity index (χ3v) is 4.63. The molecule has 0 aliphatic rings. The van der Waals surface area contributed by atoms with E-state index in [0.717, 1.165) is 24.1 Å². The van der Waals surface area contributed by atoms with Gasteiger partial charge in [-0.1, -0.05) is 49.1 Å². The summed E-state index contributed by atoms with van der Waals surface area (Å²) in [6.07, 6.45) is 0.919. The van der Waals surface area contributed by atoms with E-state index in [9.17, 15) is 9.59 Å². The maximum atomic E-state index is 13.2. The molecular weight excluding hydrogens is 400 g/mol. The van der Waals surface area contributed by atoms with E-state index < -0.39 is 5.97 Å². The van der Waals surface area contributed by atoms with E-state index in [1.807, 2.05) is 42.5 Å². The van der Waals surface area contributed by atoms with Crippen molar-refractivity contribution in [2.45, 2.75) is 20.3 Å². The molecule has 3 rings (SSSR count). The first kappa shape index (κ1) is 22.6. The fourth-order valence-electron chi connectivity index (χ4n) is 3.06. The Hall–Kier alpha value is -4.04. The summed E-state index contributed by atoms with van der Waals surface area (Å²) in [4.78, 5) is 25.5. The van der Waals surface area contributed by atoms with Crippen LogP contribution in [0.1, 0.15) is 52.1 Å². The van der Waals surface area contributed by atoms with Crippen molar-refractivity contribution >= 4 is 23.3 Å². The molecule has 0 saturated carbocycles. The molecule has 3 aromatic rings. The van der Waals surface area contributed by atoms with Crippen LogP contribution in [-0.4, -0.2) is 25.0 Å². The number of esters is 1. The van der Waals surface area contributed by atoms with Crippen LogP contribution in [0.5, 0.6) is 0 Å². The Morgan fingerprint density at radius 3 is 2.28 bits per heavy atom. The van der Waals surface area contributed by atoms with Gasteiger partial charge in [0.25, 0.3) is 5.91 Å². The number of amides is 1. The van der Waals surface area contributed by atoms with Gasteiger partial charge in [0.1, 0.15) is 0 Å². The van der Waals surface area contributed by atoms with Gasteiger partial charge < -0.3 is 15.4 Å². The van der Waals surface area contributed by atoms with Crippen molar-refractivity contribution in [3.63, 3.8) is 0 Å². The molecule has 0 fully saturated rings. The van der Waals surface area contributed by atoms with Crippen molar-refractivity contribution < 1.29 is 14.3 Å².